The van der Waals surface area contributed by atoms with Gasteiger partial charge >= 0.3 is 0 Å². The third-order valence-corrected chi connectivity index (χ3v) is 6.75. The average Bonchev–Trinajstić information content (AvgIpc) is 2.62. The molecule has 0 atom stereocenters. The fourth-order valence-corrected chi connectivity index (χ4v) is 5.69. The first-order valence-corrected chi connectivity index (χ1v) is 8.25. The summed E-state index contributed by atoms with van der Waals surface area (Å²) >= 11 is 6.38. The maximum Gasteiger partial charge on any atom is 0.130 e. The van der Waals surface area contributed by atoms with Gasteiger partial charge in [-0.25, -0.2) is 0 Å². The van der Waals surface area contributed by atoms with Gasteiger partial charge in [0.2, 0.25) is 0 Å². The first-order chi connectivity index (χ1) is 9.47. The molecule has 110 valence electrons. The largest absolute Gasteiger partial charge is 0.389 e. The minimum absolute atomic E-state index is 0.481. The third-order valence-electron chi connectivity index (χ3n) is 6.28. The number of hydrogen-bond acceptors (Lipinski definition) is 2. The van der Waals surface area contributed by atoms with Gasteiger partial charge in [-0.05, 0) is 62.7 Å². The molecule has 3 nitrogen and oxygen atoms in total. The highest BCUT2D eigenvalue weighted by molar-refractivity contribution is 6.30. The summed E-state index contributed by atoms with van der Waals surface area (Å²) in [5.74, 6) is 2.72. The van der Waals surface area contributed by atoms with E-state index < -0.39 is 5.60 Å². The van der Waals surface area contributed by atoms with Crippen LogP contribution in [0.2, 0.25) is 5.15 Å². The average molecular weight is 295 g/mol. The van der Waals surface area contributed by atoms with Crippen LogP contribution in [0.1, 0.15) is 43.4 Å². The van der Waals surface area contributed by atoms with Crippen molar-refractivity contribution in [2.45, 2.75) is 51.0 Å². The molecule has 0 saturated heterocycles. The van der Waals surface area contributed by atoms with E-state index in [1.54, 1.807) is 4.68 Å². The van der Waals surface area contributed by atoms with Crippen LogP contribution < -0.4 is 0 Å². The summed E-state index contributed by atoms with van der Waals surface area (Å²) in [6, 6.07) is 0. The molecule has 0 unspecified atom stereocenters. The molecule has 0 radical (unpaired) electrons. The lowest BCUT2D eigenvalue weighted by Gasteiger charge is -2.59. The van der Waals surface area contributed by atoms with Gasteiger partial charge < -0.3 is 5.11 Å². The highest BCUT2D eigenvalue weighted by Crippen LogP contribution is 2.59. The molecule has 1 N–H and O–H groups in total. The smallest absolute Gasteiger partial charge is 0.130 e. The molecule has 0 aliphatic heterocycles. The topological polar surface area (TPSA) is 38.0 Å². The van der Waals surface area contributed by atoms with E-state index in [2.05, 4.69) is 5.10 Å². The SMILES string of the molecule is Cc1nn(C)c(Cl)c1CC1(O)C2CC3CC(C2)CC1C3. The van der Waals surface area contributed by atoms with Crippen LogP contribution in [0.5, 0.6) is 0 Å². The minimum Gasteiger partial charge on any atom is -0.389 e. The van der Waals surface area contributed by atoms with Crippen molar-refractivity contribution in [2.24, 2.45) is 30.7 Å². The van der Waals surface area contributed by atoms with Crippen LogP contribution >= 0.6 is 11.6 Å². The Bertz CT molecular complexity index is 523. The van der Waals surface area contributed by atoms with Crippen molar-refractivity contribution in [3.63, 3.8) is 0 Å². The normalized spacial score (nSPS) is 42.4. The van der Waals surface area contributed by atoms with E-state index in [1.165, 1.54) is 32.1 Å². The van der Waals surface area contributed by atoms with Gasteiger partial charge in [-0.3, -0.25) is 4.68 Å². The Balaban J connectivity index is 1.67. The number of rotatable bonds is 2. The molecular formula is C16H23ClN2O. The van der Waals surface area contributed by atoms with Crippen molar-refractivity contribution in [2.75, 3.05) is 0 Å². The fourth-order valence-electron chi connectivity index (χ4n) is 5.45. The van der Waals surface area contributed by atoms with Crippen LogP contribution in [-0.2, 0) is 13.5 Å². The molecule has 4 fully saturated rings. The van der Waals surface area contributed by atoms with E-state index in [0.29, 0.717) is 23.4 Å². The van der Waals surface area contributed by atoms with Crippen LogP contribution in [0.15, 0.2) is 0 Å². The number of aryl methyl sites for hydroxylation is 2. The molecule has 1 aromatic heterocycles. The molecule has 4 bridgehead atoms. The summed E-state index contributed by atoms with van der Waals surface area (Å²) < 4.78 is 1.73. The molecule has 4 aliphatic carbocycles. The summed E-state index contributed by atoms with van der Waals surface area (Å²) in [6.45, 7) is 2.00. The summed E-state index contributed by atoms with van der Waals surface area (Å²) in [5.41, 5.74) is 1.49. The number of nitrogens with zero attached hydrogens (tertiary/aromatic N) is 2. The quantitative estimate of drug-likeness (QED) is 0.910. The minimum atomic E-state index is -0.537. The number of aliphatic hydroxyl groups is 1. The molecule has 1 aromatic rings. The van der Waals surface area contributed by atoms with Gasteiger partial charge in [-0.1, -0.05) is 11.6 Å². The first-order valence-electron chi connectivity index (χ1n) is 7.87. The Morgan fingerprint density at radius 3 is 2.20 bits per heavy atom. The Morgan fingerprint density at radius 1 is 1.20 bits per heavy atom. The Morgan fingerprint density at radius 2 is 1.75 bits per heavy atom. The Kier molecular flexibility index (Phi) is 2.78. The van der Waals surface area contributed by atoms with Gasteiger partial charge in [0.1, 0.15) is 5.15 Å². The standard InChI is InChI=1S/C16H23ClN2O/c1-9-14(15(17)19(2)18-9)8-16(20)12-4-10-3-11(6-12)7-13(16)5-10/h10-13,20H,3-8H2,1-2H3. The highest BCUT2D eigenvalue weighted by atomic mass is 35.5. The zero-order valence-electron chi connectivity index (χ0n) is 12.3. The van der Waals surface area contributed by atoms with E-state index in [-0.39, 0.29) is 0 Å². The van der Waals surface area contributed by atoms with Gasteiger partial charge in [-0.2, -0.15) is 5.10 Å². The number of hydrogen-bond donors (Lipinski definition) is 1. The highest BCUT2D eigenvalue weighted by Gasteiger charge is 2.56. The van der Waals surface area contributed by atoms with Crippen molar-refractivity contribution in [1.29, 1.82) is 0 Å². The van der Waals surface area contributed by atoms with Gasteiger partial charge in [0, 0.05) is 19.0 Å². The van der Waals surface area contributed by atoms with Crippen molar-refractivity contribution in [1.82, 2.24) is 9.78 Å². The predicted molar refractivity (Wildman–Crippen MR) is 78.7 cm³/mol. The van der Waals surface area contributed by atoms with Gasteiger partial charge in [0.25, 0.3) is 0 Å². The van der Waals surface area contributed by atoms with Crippen molar-refractivity contribution < 1.29 is 5.11 Å². The van der Waals surface area contributed by atoms with Crippen molar-refractivity contribution in [3.05, 3.63) is 16.4 Å². The van der Waals surface area contributed by atoms with E-state index in [1.807, 2.05) is 14.0 Å². The van der Waals surface area contributed by atoms with E-state index >= 15 is 0 Å². The van der Waals surface area contributed by atoms with Gasteiger partial charge in [0.05, 0.1) is 11.3 Å². The second kappa shape index (κ2) is 4.23. The third kappa shape index (κ3) is 1.72. The molecular weight excluding hydrogens is 272 g/mol. The van der Waals surface area contributed by atoms with Crippen LogP contribution in [0.3, 0.4) is 0 Å². The van der Waals surface area contributed by atoms with E-state index in [0.717, 1.165) is 23.1 Å². The van der Waals surface area contributed by atoms with Crippen LogP contribution in [0.25, 0.3) is 0 Å². The second-order valence-corrected chi connectivity index (χ2v) is 7.81. The zero-order chi connectivity index (χ0) is 14.1. The lowest BCUT2D eigenvalue weighted by Crippen LogP contribution is -2.58. The molecule has 5 rings (SSSR count). The number of halogens is 1. The molecule has 0 spiro atoms. The molecule has 1 heterocycles. The van der Waals surface area contributed by atoms with Crippen molar-refractivity contribution in [3.8, 4) is 0 Å². The van der Waals surface area contributed by atoms with Gasteiger partial charge in [-0.15, -0.1) is 0 Å². The molecule has 20 heavy (non-hydrogen) atoms. The summed E-state index contributed by atoms with van der Waals surface area (Å²) in [7, 11) is 1.87. The maximum absolute atomic E-state index is 11.4. The molecule has 4 heteroatoms. The second-order valence-electron chi connectivity index (χ2n) is 7.45. The number of aromatic nitrogens is 2. The molecule has 0 aromatic carbocycles. The predicted octanol–water partition coefficient (Wildman–Crippen LogP) is 3.11. The molecule has 4 aliphatic rings. The van der Waals surface area contributed by atoms with Crippen LogP contribution in [0, 0.1) is 30.6 Å². The maximum atomic E-state index is 11.4. The first kappa shape index (κ1) is 13.1. The Hall–Kier alpha value is -0.540. The summed E-state index contributed by atoms with van der Waals surface area (Å²) in [5, 5.41) is 16.5. The van der Waals surface area contributed by atoms with Crippen LogP contribution in [0.4, 0.5) is 0 Å². The van der Waals surface area contributed by atoms with Crippen molar-refractivity contribution >= 4 is 11.6 Å². The molecule has 4 saturated carbocycles. The monoisotopic (exact) mass is 294 g/mol. The van der Waals surface area contributed by atoms with E-state index in [9.17, 15) is 5.11 Å². The fraction of sp³-hybridized carbons (Fsp3) is 0.812. The van der Waals surface area contributed by atoms with Crippen LogP contribution in [-0.4, -0.2) is 20.5 Å². The van der Waals surface area contributed by atoms with E-state index in [4.69, 9.17) is 11.6 Å². The zero-order valence-corrected chi connectivity index (χ0v) is 13.0. The summed E-state index contributed by atoms with van der Waals surface area (Å²) in [4.78, 5) is 0. The van der Waals surface area contributed by atoms with Gasteiger partial charge in [0.15, 0.2) is 0 Å². The lowest BCUT2D eigenvalue weighted by atomic mass is 9.49. The Labute approximate surface area is 125 Å². The summed E-state index contributed by atoms with van der Waals surface area (Å²) in [6.07, 6.45) is 7.00. The molecule has 0 amide bonds. The lowest BCUT2D eigenvalue weighted by molar-refractivity contribution is -0.171.